The third-order valence-electron chi connectivity index (χ3n) is 3.59. The monoisotopic (exact) mass is 344 g/mol. The molecule has 0 aliphatic carbocycles. The molecule has 24 heavy (non-hydrogen) atoms. The standard InChI is InChI=1S/C15H16F4N4O/c1-9-13(20-12(24)8-14(2,3)15(17,18)19)21-22-23(9)11-6-4-10(16)5-7-11/h4-7H,8H2,1-3H3,(H,20,24). The van der Waals surface area contributed by atoms with Crippen LogP contribution in [0.2, 0.25) is 0 Å². The van der Waals surface area contributed by atoms with Crippen molar-refractivity contribution in [2.75, 3.05) is 5.32 Å². The summed E-state index contributed by atoms with van der Waals surface area (Å²) in [5.74, 6) is -1.17. The summed E-state index contributed by atoms with van der Waals surface area (Å²) in [7, 11) is 0. The molecule has 0 saturated carbocycles. The second-order valence-electron chi connectivity index (χ2n) is 6.02. The number of aromatic nitrogens is 3. The minimum absolute atomic E-state index is 0.0577. The van der Waals surface area contributed by atoms with E-state index in [1.54, 1.807) is 6.92 Å². The van der Waals surface area contributed by atoms with Crippen LogP contribution in [0.3, 0.4) is 0 Å². The van der Waals surface area contributed by atoms with Crippen molar-refractivity contribution in [3.05, 3.63) is 35.8 Å². The van der Waals surface area contributed by atoms with E-state index in [2.05, 4.69) is 15.6 Å². The molecule has 1 heterocycles. The van der Waals surface area contributed by atoms with Gasteiger partial charge in [0.15, 0.2) is 5.82 Å². The molecule has 1 N–H and O–H groups in total. The first-order valence-electron chi connectivity index (χ1n) is 7.06. The van der Waals surface area contributed by atoms with Crippen LogP contribution in [0.15, 0.2) is 24.3 Å². The van der Waals surface area contributed by atoms with Gasteiger partial charge in [-0.3, -0.25) is 4.79 Å². The first-order chi connectivity index (χ1) is 11.0. The number of hydrogen-bond acceptors (Lipinski definition) is 3. The molecule has 1 aromatic carbocycles. The maximum atomic E-state index is 12.9. The zero-order chi connectivity index (χ0) is 18.1. The minimum atomic E-state index is -4.49. The van der Waals surface area contributed by atoms with Crippen LogP contribution in [-0.2, 0) is 4.79 Å². The Kier molecular flexibility index (Phi) is 4.63. The molecule has 130 valence electrons. The van der Waals surface area contributed by atoms with E-state index in [1.807, 2.05) is 0 Å². The Balaban J connectivity index is 2.14. The molecule has 0 unspecified atom stereocenters. The van der Waals surface area contributed by atoms with Crippen molar-refractivity contribution in [3.63, 3.8) is 0 Å². The summed E-state index contributed by atoms with van der Waals surface area (Å²) in [5.41, 5.74) is -1.23. The minimum Gasteiger partial charge on any atom is -0.308 e. The predicted octanol–water partition coefficient (Wildman–Crippen LogP) is 3.63. The molecule has 9 heteroatoms. The highest BCUT2D eigenvalue weighted by Crippen LogP contribution is 2.40. The molecule has 1 amide bonds. The summed E-state index contributed by atoms with van der Waals surface area (Å²) in [6.07, 6.45) is -5.23. The highest BCUT2D eigenvalue weighted by molar-refractivity contribution is 5.90. The van der Waals surface area contributed by atoms with Crippen LogP contribution in [0.1, 0.15) is 26.0 Å². The SMILES string of the molecule is Cc1c(NC(=O)CC(C)(C)C(F)(F)F)nnn1-c1ccc(F)cc1. The lowest BCUT2D eigenvalue weighted by Gasteiger charge is -2.26. The first-order valence-corrected chi connectivity index (χ1v) is 7.06. The smallest absolute Gasteiger partial charge is 0.308 e. The van der Waals surface area contributed by atoms with E-state index in [9.17, 15) is 22.4 Å². The van der Waals surface area contributed by atoms with Crippen LogP contribution in [-0.4, -0.2) is 27.1 Å². The van der Waals surface area contributed by atoms with E-state index >= 15 is 0 Å². The lowest BCUT2D eigenvalue weighted by Crippen LogP contribution is -2.36. The number of hydrogen-bond donors (Lipinski definition) is 1. The number of anilines is 1. The highest BCUT2D eigenvalue weighted by atomic mass is 19.4. The van der Waals surface area contributed by atoms with Gasteiger partial charge in [0.1, 0.15) is 5.82 Å². The number of nitrogens with zero attached hydrogens (tertiary/aromatic N) is 3. The Morgan fingerprint density at radius 2 is 1.79 bits per heavy atom. The lowest BCUT2D eigenvalue weighted by atomic mass is 9.88. The molecule has 1 aromatic heterocycles. The predicted molar refractivity (Wildman–Crippen MR) is 79.1 cm³/mol. The van der Waals surface area contributed by atoms with E-state index in [1.165, 1.54) is 28.9 Å². The van der Waals surface area contributed by atoms with Crippen LogP contribution in [0.5, 0.6) is 0 Å². The number of alkyl halides is 3. The van der Waals surface area contributed by atoms with Crippen molar-refractivity contribution in [2.24, 2.45) is 5.41 Å². The van der Waals surface area contributed by atoms with Crippen molar-refractivity contribution in [1.29, 1.82) is 0 Å². The summed E-state index contributed by atoms with van der Waals surface area (Å²) in [5, 5.41) is 9.91. The number of amides is 1. The zero-order valence-corrected chi connectivity index (χ0v) is 13.3. The van der Waals surface area contributed by atoms with Crippen molar-refractivity contribution >= 4 is 11.7 Å². The van der Waals surface area contributed by atoms with Gasteiger partial charge in [-0.2, -0.15) is 13.2 Å². The van der Waals surface area contributed by atoms with Crippen molar-refractivity contribution in [2.45, 2.75) is 33.4 Å². The molecule has 0 aliphatic heterocycles. The first kappa shape index (κ1) is 17.9. The summed E-state index contributed by atoms with van der Waals surface area (Å²) in [6, 6.07) is 5.41. The summed E-state index contributed by atoms with van der Waals surface area (Å²) < 4.78 is 52.8. The fourth-order valence-corrected chi connectivity index (χ4v) is 1.95. The van der Waals surface area contributed by atoms with E-state index in [-0.39, 0.29) is 5.82 Å². The molecule has 0 radical (unpaired) electrons. The maximum Gasteiger partial charge on any atom is 0.394 e. The quantitative estimate of drug-likeness (QED) is 0.862. The van der Waals surface area contributed by atoms with Gasteiger partial charge in [0, 0.05) is 6.42 Å². The van der Waals surface area contributed by atoms with Crippen LogP contribution < -0.4 is 5.32 Å². The third-order valence-corrected chi connectivity index (χ3v) is 3.59. The Labute approximate surface area is 135 Å². The van der Waals surface area contributed by atoms with Crippen molar-refractivity contribution in [3.8, 4) is 5.69 Å². The van der Waals surface area contributed by atoms with Crippen molar-refractivity contribution in [1.82, 2.24) is 15.0 Å². The lowest BCUT2D eigenvalue weighted by molar-refractivity contribution is -0.213. The van der Waals surface area contributed by atoms with Gasteiger partial charge in [0.25, 0.3) is 0 Å². The number of carbonyl (C=O) groups excluding carboxylic acids is 1. The Hall–Kier alpha value is -2.45. The summed E-state index contributed by atoms with van der Waals surface area (Å²) >= 11 is 0. The van der Waals surface area contributed by atoms with Gasteiger partial charge < -0.3 is 5.32 Å². The molecule has 0 fully saturated rings. The van der Waals surface area contributed by atoms with Crippen LogP contribution in [0.4, 0.5) is 23.4 Å². The molecule has 0 aliphatic rings. The van der Waals surface area contributed by atoms with Gasteiger partial charge in [0.2, 0.25) is 5.91 Å². The fraction of sp³-hybridized carbons (Fsp3) is 0.400. The average Bonchev–Trinajstić information content (AvgIpc) is 2.79. The van der Waals surface area contributed by atoms with Gasteiger partial charge in [-0.25, -0.2) is 9.07 Å². The number of carbonyl (C=O) groups is 1. The van der Waals surface area contributed by atoms with Gasteiger partial charge in [-0.15, -0.1) is 5.10 Å². The average molecular weight is 344 g/mol. The largest absolute Gasteiger partial charge is 0.394 e. The van der Waals surface area contributed by atoms with E-state index in [0.717, 1.165) is 13.8 Å². The van der Waals surface area contributed by atoms with Gasteiger partial charge in [0.05, 0.1) is 16.8 Å². The normalized spacial score (nSPS) is 12.3. The third kappa shape index (κ3) is 3.72. The van der Waals surface area contributed by atoms with Gasteiger partial charge >= 0.3 is 6.18 Å². The fourth-order valence-electron chi connectivity index (χ4n) is 1.95. The summed E-state index contributed by atoms with van der Waals surface area (Å²) in [4.78, 5) is 11.9. The molecule has 2 rings (SSSR count). The second kappa shape index (κ2) is 6.21. The van der Waals surface area contributed by atoms with E-state index < -0.39 is 29.7 Å². The van der Waals surface area contributed by atoms with Crippen LogP contribution >= 0.6 is 0 Å². The van der Waals surface area contributed by atoms with Crippen molar-refractivity contribution < 1.29 is 22.4 Å². The second-order valence-corrected chi connectivity index (χ2v) is 6.02. The number of benzene rings is 1. The molecule has 0 spiro atoms. The molecule has 0 bridgehead atoms. The van der Waals surface area contributed by atoms with Gasteiger partial charge in [-0.05, 0) is 31.2 Å². The molecular formula is C15H16F4N4O. The Morgan fingerprint density at radius 3 is 2.33 bits per heavy atom. The molecule has 5 nitrogen and oxygen atoms in total. The molecule has 2 aromatic rings. The Morgan fingerprint density at radius 1 is 1.21 bits per heavy atom. The number of halogens is 4. The number of nitrogens with one attached hydrogen (secondary N) is 1. The van der Waals surface area contributed by atoms with E-state index in [0.29, 0.717) is 11.4 Å². The maximum absolute atomic E-state index is 12.9. The highest BCUT2D eigenvalue weighted by Gasteiger charge is 2.48. The zero-order valence-electron chi connectivity index (χ0n) is 13.3. The van der Waals surface area contributed by atoms with Crippen LogP contribution in [0, 0.1) is 18.2 Å². The summed E-state index contributed by atoms with van der Waals surface area (Å²) in [6.45, 7) is 3.50. The van der Waals surface area contributed by atoms with Gasteiger partial charge in [-0.1, -0.05) is 19.1 Å². The Bertz CT molecular complexity index is 735. The molecule has 0 saturated heterocycles. The van der Waals surface area contributed by atoms with Crippen LogP contribution in [0.25, 0.3) is 5.69 Å². The number of rotatable bonds is 4. The molecule has 0 atom stereocenters. The van der Waals surface area contributed by atoms with E-state index in [4.69, 9.17) is 0 Å². The topological polar surface area (TPSA) is 59.8 Å². The molecular weight excluding hydrogens is 328 g/mol.